The molecule has 1 aliphatic carbocycles. The highest BCUT2D eigenvalue weighted by Crippen LogP contribution is 2.42. The maximum atomic E-state index is 12.1. The highest BCUT2D eigenvalue weighted by Gasteiger charge is 2.24. The van der Waals surface area contributed by atoms with Crippen molar-refractivity contribution in [2.75, 3.05) is 0 Å². The van der Waals surface area contributed by atoms with Crippen molar-refractivity contribution in [3.05, 3.63) is 93.7 Å². The molecule has 1 aliphatic heterocycles. The Hall–Kier alpha value is -4.12. The van der Waals surface area contributed by atoms with Gasteiger partial charge < -0.3 is 14.6 Å². The van der Waals surface area contributed by atoms with Crippen LogP contribution in [0.5, 0.6) is 5.75 Å². The second-order valence-corrected chi connectivity index (χ2v) is 7.81. The lowest BCUT2D eigenvalue weighted by Gasteiger charge is -2.19. The van der Waals surface area contributed by atoms with E-state index in [9.17, 15) is 19.8 Å². The summed E-state index contributed by atoms with van der Waals surface area (Å²) in [6.45, 7) is 5.56. The van der Waals surface area contributed by atoms with E-state index in [1.807, 2.05) is 32.1 Å². The highest BCUT2D eigenvalue weighted by molar-refractivity contribution is 6.16. The summed E-state index contributed by atoms with van der Waals surface area (Å²) in [6, 6.07) is 13.2. The summed E-state index contributed by atoms with van der Waals surface area (Å²) in [5.41, 5.74) is 3.30. The van der Waals surface area contributed by atoms with Crippen molar-refractivity contribution in [3.63, 3.8) is 0 Å². The second kappa shape index (κ2) is 8.19. The summed E-state index contributed by atoms with van der Waals surface area (Å²) >= 11 is 0. The van der Waals surface area contributed by atoms with Gasteiger partial charge in [-0.1, -0.05) is 29.9 Å². The van der Waals surface area contributed by atoms with Crippen LogP contribution >= 0.6 is 0 Å². The molecule has 0 amide bonds. The van der Waals surface area contributed by atoms with Crippen LogP contribution in [0.1, 0.15) is 26.3 Å². The fourth-order valence-electron chi connectivity index (χ4n) is 3.89. The molecular formula is C27H22O5. The van der Waals surface area contributed by atoms with Crippen molar-refractivity contribution in [1.29, 1.82) is 0 Å². The maximum absolute atomic E-state index is 12.1. The summed E-state index contributed by atoms with van der Waals surface area (Å²) in [4.78, 5) is 24.2. The Morgan fingerprint density at radius 1 is 0.969 bits per heavy atom. The Morgan fingerprint density at radius 3 is 2.41 bits per heavy atom. The summed E-state index contributed by atoms with van der Waals surface area (Å²) in [5, 5.41) is 22.0. The van der Waals surface area contributed by atoms with E-state index in [0.29, 0.717) is 33.4 Å². The summed E-state index contributed by atoms with van der Waals surface area (Å²) in [6.07, 6.45) is 5.22. The first-order chi connectivity index (χ1) is 15.3. The van der Waals surface area contributed by atoms with Crippen LogP contribution in [0.15, 0.2) is 87.1 Å². The van der Waals surface area contributed by atoms with Gasteiger partial charge in [0.1, 0.15) is 17.1 Å². The van der Waals surface area contributed by atoms with Gasteiger partial charge in [-0.2, -0.15) is 0 Å². The zero-order valence-corrected chi connectivity index (χ0v) is 18.0. The number of rotatable bonds is 4. The number of fused-ring (bicyclic) bond motifs is 4. The minimum Gasteiger partial charge on any atom is -0.508 e. The molecule has 0 aromatic heterocycles. The van der Waals surface area contributed by atoms with E-state index in [-0.39, 0.29) is 16.8 Å². The van der Waals surface area contributed by atoms with Gasteiger partial charge in [0, 0.05) is 28.0 Å². The molecule has 5 heteroatoms. The highest BCUT2D eigenvalue weighted by atomic mass is 16.4. The molecule has 32 heavy (non-hydrogen) atoms. The number of benzene rings is 3. The SMILES string of the molecule is C/C=C(C(=O)O)\C(=C/C=C(C)C)c1c2ccc(=O)cc-2oc2c1ccc1cc(O)ccc12. The lowest BCUT2D eigenvalue weighted by Crippen LogP contribution is -2.07. The Balaban J connectivity index is 2.24. The van der Waals surface area contributed by atoms with Gasteiger partial charge in [-0.3, -0.25) is 4.79 Å². The van der Waals surface area contributed by atoms with Crippen molar-refractivity contribution in [3.8, 4) is 17.1 Å². The molecular weight excluding hydrogens is 404 g/mol. The largest absolute Gasteiger partial charge is 0.508 e. The lowest BCUT2D eigenvalue weighted by atomic mass is 9.88. The Morgan fingerprint density at radius 2 is 1.72 bits per heavy atom. The minimum absolute atomic E-state index is 0.130. The van der Waals surface area contributed by atoms with E-state index in [0.717, 1.165) is 16.3 Å². The van der Waals surface area contributed by atoms with Crippen LogP contribution in [0.2, 0.25) is 0 Å². The molecule has 0 bridgehead atoms. The zero-order chi connectivity index (χ0) is 23.0. The molecule has 0 saturated heterocycles. The first kappa shape index (κ1) is 21.1. The van der Waals surface area contributed by atoms with Crippen LogP contribution < -0.4 is 5.43 Å². The molecule has 1 heterocycles. The van der Waals surface area contributed by atoms with Gasteiger partial charge >= 0.3 is 5.97 Å². The standard InChI is InChI=1S/C27H22O5/c1-4-19(27(30)31)21(9-5-15(2)3)25-22-12-8-18(29)14-24(22)32-26-20-11-7-17(28)13-16(20)6-10-23(25)26/h4-14,28H,1-3H3,(H,30,31)/b19-4+,21-9+. The third-order valence-electron chi connectivity index (χ3n) is 5.32. The van der Waals surface area contributed by atoms with Gasteiger partial charge in [0.05, 0.1) is 5.57 Å². The number of phenolic OH excluding ortho intramolecular Hbond substituents is 1. The third kappa shape index (κ3) is 3.69. The average Bonchev–Trinajstić information content (AvgIpc) is 2.74. The monoisotopic (exact) mass is 426 g/mol. The van der Waals surface area contributed by atoms with E-state index in [4.69, 9.17) is 4.42 Å². The van der Waals surface area contributed by atoms with Crippen LogP contribution in [-0.2, 0) is 4.79 Å². The number of hydrogen-bond acceptors (Lipinski definition) is 4. The van der Waals surface area contributed by atoms with Crippen molar-refractivity contribution < 1.29 is 19.4 Å². The van der Waals surface area contributed by atoms with Crippen molar-refractivity contribution in [1.82, 2.24) is 0 Å². The summed E-state index contributed by atoms with van der Waals surface area (Å²) in [7, 11) is 0. The molecule has 5 nitrogen and oxygen atoms in total. The molecule has 2 aromatic rings. The number of carboxylic acid groups (broad SMARTS) is 1. The van der Waals surface area contributed by atoms with Crippen LogP contribution in [0.4, 0.5) is 0 Å². The number of allylic oxidation sites excluding steroid dienone is 4. The topological polar surface area (TPSA) is 87.7 Å². The molecule has 0 spiro atoms. The number of aromatic hydroxyl groups is 1. The second-order valence-electron chi connectivity index (χ2n) is 7.81. The van der Waals surface area contributed by atoms with Gasteiger partial charge in [-0.25, -0.2) is 4.79 Å². The van der Waals surface area contributed by atoms with Crippen LogP contribution in [-0.4, -0.2) is 16.2 Å². The number of hydrogen-bond donors (Lipinski definition) is 2. The first-order valence-corrected chi connectivity index (χ1v) is 10.2. The number of phenols is 1. The predicted octanol–water partition coefficient (Wildman–Crippen LogP) is 6.14. The molecule has 2 N–H and O–H groups in total. The molecule has 160 valence electrons. The Labute approximate surface area is 184 Å². The van der Waals surface area contributed by atoms with Crippen molar-refractivity contribution in [2.24, 2.45) is 0 Å². The number of carbonyl (C=O) groups is 1. The molecule has 2 aliphatic rings. The fraction of sp³-hybridized carbons (Fsp3) is 0.111. The van der Waals surface area contributed by atoms with Crippen molar-refractivity contribution >= 4 is 33.3 Å². The Kier molecular flexibility index (Phi) is 5.41. The van der Waals surface area contributed by atoms with E-state index in [2.05, 4.69) is 0 Å². The summed E-state index contributed by atoms with van der Waals surface area (Å²) in [5.74, 6) is -0.551. The number of carboxylic acids is 1. The van der Waals surface area contributed by atoms with E-state index in [1.54, 1.807) is 43.3 Å². The molecule has 0 radical (unpaired) electrons. The Bertz CT molecular complexity index is 1490. The van der Waals surface area contributed by atoms with Gasteiger partial charge in [0.2, 0.25) is 0 Å². The van der Waals surface area contributed by atoms with Crippen molar-refractivity contribution in [2.45, 2.75) is 20.8 Å². The van der Waals surface area contributed by atoms with E-state index < -0.39 is 5.97 Å². The molecule has 2 aromatic carbocycles. The molecule has 0 atom stereocenters. The fourth-order valence-corrected chi connectivity index (χ4v) is 3.89. The van der Waals surface area contributed by atoms with Gasteiger partial charge in [0.15, 0.2) is 5.43 Å². The molecule has 0 unspecified atom stereocenters. The van der Waals surface area contributed by atoms with Gasteiger partial charge in [-0.15, -0.1) is 0 Å². The first-order valence-electron chi connectivity index (χ1n) is 10.2. The van der Waals surface area contributed by atoms with Gasteiger partial charge in [-0.05, 0) is 68.1 Å². The van der Waals surface area contributed by atoms with E-state index in [1.165, 1.54) is 12.1 Å². The van der Waals surface area contributed by atoms with Gasteiger partial charge in [0.25, 0.3) is 0 Å². The predicted molar refractivity (Wildman–Crippen MR) is 127 cm³/mol. The summed E-state index contributed by atoms with van der Waals surface area (Å²) < 4.78 is 6.18. The molecule has 0 saturated carbocycles. The zero-order valence-electron chi connectivity index (χ0n) is 18.0. The van der Waals surface area contributed by atoms with E-state index >= 15 is 0 Å². The molecule has 0 fully saturated rings. The molecule has 4 rings (SSSR count). The third-order valence-corrected chi connectivity index (χ3v) is 5.32. The van der Waals surface area contributed by atoms with Crippen LogP contribution in [0, 0.1) is 0 Å². The lowest BCUT2D eigenvalue weighted by molar-refractivity contribution is -0.132. The average molecular weight is 426 g/mol. The van der Waals surface area contributed by atoms with Crippen LogP contribution in [0.25, 0.3) is 38.6 Å². The normalized spacial score (nSPS) is 12.5. The minimum atomic E-state index is -1.05. The van der Waals surface area contributed by atoms with Crippen LogP contribution in [0.3, 0.4) is 0 Å². The number of aliphatic carboxylic acids is 1. The maximum Gasteiger partial charge on any atom is 0.335 e. The quantitative estimate of drug-likeness (QED) is 0.177. The smallest absolute Gasteiger partial charge is 0.335 e.